The van der Waals surface area contributed by atoms with Crippen molar-refractivity contribution in [2.24, 2.45) is 0 Å². The predicted molar refractivity (Wildman–Crippen MR) is 90.7 cm³/mol. The number of aromatic hydroxyl groups is 1. The minimum Gasteiger partial charge on any atom is -0.508 e. The van der Waals surface area contributed by atoms with Gasteiger partial charge < -0.3 is 5.11 Å². The van der Waals surface area contributed by atoms with Crippen LogP contribution in [-0.2, 0) is 0 Å². The lowest BCUT2D eigenvalue weighted by Gasteiger charge is -2.07. The summed E-state index contributed by atoms with van der Waals surface area (Å²) in [7, 11) is 0. The van der Waals surface area contributed by atoms with E-state index in [1.807, 2.05) is 37.3 Å². The van der Waals surface area contributed by atoms with E-state index < -0.39 is 0 Å². The summed E-state index contributed by atoms with van der Waals surface area (Å²) in [5, 5.41) is 12.7. The van der Waals surface area contributed by atoms with Gasteiger partial charge in [0, 0.05) is 11.1 Å². The molecule has 1 aliphatic rings. The molecule has 2 heterocycles. The number of carbonyl (C=O) groups is 1. The number of phenolic OH excluding ortho intramolecular Hbond substituents is 1. The molecule has 0 spiro atoms. The number of benzene rings is 2. The Balaban J connectivity index is 1.95. The zero-order valence-electron chi connectivity index (χ0n) is 13.1. The van der Waals surface area contributed by atoms with Gasteiger partial charge in [0.1, 0.15) is 17.6 Å². The maximum atomic E-state index is 12.5. The van der Waals surface area contributed by atoms with Gasteiger partial charge in [-0.15, -0.1) is 0 Å². The third-order valence-corrected chi connectivity index (χ3v) is 4.12. The zero-order chi connectivity index (χ0) is 16.7. The van der Waals surface area contributed by atoms with E-state index in [0.717, 1.165) is 16.8 Å². The van der Waals surface area contributed by atoms with Gasteiger partial charge in [-0.1, -0.05) is 30.3 Å². The van der Waals surface area contributed by atoms with Gasteiger partial charge in [-0.25, -0.2) is 9.78 Å². The average molecular weight is 318 g/mol. The van der Waals surface area contributed by atoms with Gasteiger partial charge in [0.05, 0.1) is 0 Å². The molecule has 0 fully saturated rings. The van der Waals surface area contributed by atoms with E-state index >= 15 is 0 Å². The first-order valence-corrected chi connectivity index (χ1v) is 7.76. The third-order valence-electron chi connectivity index (χ3n) is 4.12. The Labute approximate surface area is 139 Å². The SMILES string of the molecule is CC1Nc2c(-c3ccccc3)nc(-c3ccc(O)cc3)c[n+]2C1=O. The number of hydrogen-bond acceptors (Lipinski definition) is 4. The quantitative estimate of drug-likeness (QED) is 0.713. The molecule has 5 nitrogen and oxygen atoms in total. The van der Waals surface area contributed by atoms with Crippen LogP contribution in [0.2, 0.25) is 0 Å². The minimum atomic E-state index is -0.288. The lowest BCUT2D eigenvalue weighted by atomic mass is 10.1. The Morgan fingerprint density at radius 1 is 1.04 bits per heavy atom. The van der Waals surface area contributed by atoms with Crippen molar-refractivity contribution < 1.29 is 14.5 Å². The number of nitrogens with one attached hydrogen (secondary N) is 1. The van der Waals surface area contributed by atoms with E-state index in [4.69, 9.17) is 4.98 Å². The highest BCUT2D eigenvalue weighted by Gasteiger charge is 2.38. The molecule has 24 heavy (non-hydrogen) atoms. The summed E-state index contributed by atoms with van der Waals surface area (Å²) >= 11 is 0. The van der Waals surface area contributed by atoms with Crippen LogP contribution in [-0.4, -0.2) is 22.0 Å². The van der Waals surface area contributed by atoms with E-state index in [-0.39, 0.29) is 17.7 Å². The predicted octanol–water partition coefficient (Wildman–Crippen LogP) is 2.86. The van der Waals surface area contributed by atoms with Crippen molar-refractivity contribution in [3.05, 3.63) is 60.8 Å². The Bertz CT molecular complexity index is 921. The van der Waals surface area contributed by atoms with Gasteiger partial charge in [-0.05, 0) is 31.2 Å². The van der Waals surface area contributed by atoms with Crippen molar-refractivity contribution in [2.45, 2.75) is 13.0 Å². The summed E-state index contributed by atoms with van der Waals surface area (Å²) in [5.74, 6) is 0.896. The first-order valence-electron chi connectivity index (χ1n) is 7.76. The molecule has 0 saturated carbocycles. The number of rotatable bonds is 2. The fourth-order valence-corrected chi connectivity index (χ4v) is 2.86. The lowest BCUT2D eigenvalue weighted by molar-refractivity contribution is -0.551. The van der Waals surface area contributed by atoms with E-state index in [2.05, 4.69) is 5.32 Å². The summed E-state index contributed by atoms with van der Waals surface area (Å²) in [6, 6.07) is 16.3. The highest BCUT2D eigenvalue weighted by atomic mass is 16.3. The number of aromatic nitrogens is 2. The molecule has 0 aliphatic carbocycles. The largest absolute Gasteiger partial charge is 0.508 e. The number of carbonyl (C=O) groups excluding carboxylic acids is 1. The van der Waals surface area contributed by atoms with Crippen LogP contribution >= 0.6 is 0 Å². The molecule has 5 heteroatoms. The molecule has 0 saturated heterocycles. The molecule has 0 radical (unpaired) electrons. The van der Waals surface area contributed by atoms with Gasteiger partial charge in [0.25, 0.3) is 0 Å². The molecule has 1 aromatic heterocycles. The van der Waals surface area contributed by atoms with Crippen LogP contribution in [0.25, 0.3) is 22.5 Å². The van der Waals surface area contributed by atoms with Crippen molar-refractivity contribution in [3.63, 3.8) is 0 Å². The second-order valence-electron chi connectivity index (χ2n) is 5.81. The molecule has 2 N–H and O–H groups in total. The smallest absolute Gasteiger partial charge is 0.358 e. The molecule has 0 bridgehead atoms. The normalized spacial score (nSPS) is 15.9. The lowest BCUT2D eigenvalue weighted by Crippen LogP contribution is -2.42. The van der Waals surface area contributed by atoms with E-state index in [1.165, 1.54) is 0 Å². The fraction of sp³-hybridized carbons (Fsp3) is 0.105. The van der Waals surface area contributed by atoms with Crippen molar-refractivity contribution in [3.8, 4) is 28.3 Å². The van der Waals surface area contributed by atoms with Gasteiger partial charge in [0.15, 0.2) is 11.7 Å². The second-order valence-corrected chi connectivity index (χ2v) is 5.81. The number of anilines is 1. The molecular weight excluding hydrogens is 302 g/mol. The van der Waals surface area contributed by atoms with E-state index in [9.17, 15) is 9.90 Å². The van der Waals surface area contributed by atoms with Crippen LogP contribution < -0.4 is 9.88 Å². The molecule has 0 amide bonds. The minimum absolute atomic E-state index is 0.00962. The summed E-state index contributed by atoms with van der Waals surface area (Å²) in [5.41, 5.74) is 3.20. The molecular formula is C19H16N3O2+. The van der Waals surface area contributed by atoms with Crippen molar-refractivity contribution in [2.75, 3.05) is 5.32 Å². The number of hydrogen-bond donors (Lipinski definition) is 2. The standard InChI is InChI=1S/C19H15N3O2/c1-12-19(24)22-11-16(13-7-9-15(23)10-8-13)21-17(18(22)20-12)14-5-3-2-4-6-14/h2-12,23H,1H3/p+1. The summed E-state index contributed by atoms with van der Waals surface area (Å²) < 4.78 is 1.63. The number of nitrogens with zero attached hydrogens (tertiary/aromatic N) is 2. The van der Waals surface area contributed by atoms with Crippen LogP contribution in [0.5, 0.6) is 5.75 Å². The molecule has 4 rings (SSSR count). The van der Waals surface area contributed by atoms with Crippen molar-refractivity contribution >= 4 is 11.7 Å². The van der Waals surface area contributed by atoms with Crippen LogP contribution in [0.4, 0.5) is 5.82 Å². The third kappa shape index (κ3) is 2.31. The van der Waals surface area contributed by atoms with Gasteiger partial charge in [-0.2, -0.15) is 4.57 Å². The average Bonchev–Trinajstić information content (AvgIpc) is 2.90. The van der Waals surface area contributed by atoms with Gasteiger partial charge in [-0.3, -0.25) is 5.32 Å². The van der Waals surface area contributed by atoms with Gasteiger partial charge >= 0.3 is 11.7 Å². The van der Waals surface area contributed by atoms with E-state index in [1.54, 1.807) is 35.0 Å². The molecule has 1 aliphatic heterocycles. The molecule has 118 valence electrons. The Hall–Kier alpha value is -3.21. The Morgan fingerprint density at radius 2 is 1.75 bits per heavy atom. The molecule has 2 aromatic carbocycles. The maximum absolute atomic E-state index is 12.5. The van der Waals surface area contributed by atoms with Crippen LogP contribution in [0, 0.1) is 0 Å². The first-order chi connectivity index (χ1) is 11.6. The first kappa shape index (κ1) is 14.4. The van der Waals surface area contributed by atoms with Crippen molar-refractivity contribution in [1.29, 1.82) is 0 Å². The van der Waals surface area contributed by atoms with Gasteiger partial charge in [0.2, 0.25) is 0 Å². The number of phenols is 1. The molecule has 3 aromatic rings. The fourth-order valence-electron chi connectivity index (χ4n) is 2.86. The Morgan fingerprint density at radius 3 is 2.46 bits per heavy atom. The number of fused-ring (bicyclic) bond motifs is 1. The van der Waals surface area contributed by atoms with Crippen LogP contribution in [0.15, 0.2) is 60.8 Å². The highest BCUT2D eigenvalue weighted by Crippen LogP contribution is 2.29. The molecule has 1 unspecified atom stereocenters. The van der Waals surface area contributed by atoms with E-state index in [0.29, 0.717) is 11.5 Å². The maximum Gasteiger partial charge on any atom is 0.358 e. The van der Waals surface area contributed by atoms with Crippen LogP contribution in [0.3, 0.4) is 0 Å². The summed E-state index contributed by atoms with van der Waals surface area (Å²) in [6.07, 6.45) is 1.74. The monoisotopic (exact) mass is 318 g/mol. The van der Waals surface area contributed by atoms with Crippen LogP contribution in [0.1, 0.15) is 11.7 Å². The van der Waals surface area contributed by atoms with Crippen molar-refractivity contribution in [1.82, 2.24) is 4.98 Å². The second kappa shape index (κ2) is 5.45. The highest BCUT2D eigenvalue weighted by molar-refractivity contribution is 5.86. The topological polar surface area (TPSA) is 66.1 Å². The Kier molecular flexibility index (Phi) is 3.27. The summed E-state index contributed by atoms with van der Waals surface area (Å²) in [6.45, 7) is 1.84. The summed E-state index contributed by atoms with van der Waals surface area (Å²) in [4.78, 5) is 17.2. The zero-order valence-corrected chi connectivity index (χ0v) is 13.1. The molecule has 1 atom stereocenters.